The summed E-state index contributed by atoms with van der Waals surface area (Å²) in [4.78, 5) is 27.6. The SMILES string of the molecule is O=C(NCCCCC(C(=O)NN=Cc1ccc(-c2ccc(Br)cc2)o1)N1CCCCC1)c1ccccc1. The van der Waals surface area contributed by atoms with Crippen LogP contribution in [-0.2, 0) is 4.79 Å². The highest BCUT2D eigenvalue weighted by Crippen LogP contribution is 2.23. The number of carbonyl (C=O) groups excluding carboxylic acids is 2. The normalized spacial score (nSPS) is 14.9. The monoisotopic (exact) mass is 564 g/mol. The van der Waals surface area contributed by atoms with Gasteiger partial charge in [0.15, 0.2) is 0 Å². The van der Waals surface area contributed by atoms with Crippen molar-refractivity contribution in [3.05, 3.63) is 82.5 Å². The summed E-state index contributed by atoms with van der Waals surface area (Å²) < 4.78 is 6.86. The topological polar surface area (TPSA) is 86.9 Å². The van der Waals surface area contributed by atoms with Crippen LogP contribution in [0, 0.1) is 0 Å². The molecule has 7 nitrogen and oxygen atoms in total. The summed E-state index contributed by atoms with van der Waals surface area (Å²) in [6, 6.07) is 20.6. The Morgan fingerprint density at radius 3 is 2.49 bits per heavy atom. The van der Waals surface area contributed by atoms with E-state index in [0.29, 0.717) is 17.9 Å². The Kier molecular flexibility index (Phi) is 10.1. The lowest BCUT2D eigenvalue weighted by Gasteiger charge is -2.33. The van der Waals surface area contributed by atoms with E-state index in [-0.39, 0.29) is 17.9 Å². The van der Waals surface area contributed by atoms with E-state index < -0.39 is 0 Å². The van der Waals surface area contributed by atoms with Crippen LogP contribution in [0.25, 0.3) is 11.3 Å². The van der Waals surface area contributed by atoms with Crippen molar-refractivity contribution in [3.63, 3.8) is 0 Å². The Bertz CT molecular complexity index is 1170. The van der Waals surface area contributed by atoms with Crippen LogP contribution < -0.4 is 10.7 Å². The Hall–Kier alpha value is -3.23. The molecule has 1 saturated heterocycles. The van der Waals surface area contributed by atoms with Crippen LogP contribution in [0.15, 0.2) is 80.7 Å². The third kappa shape index (κ3) is 8.13. The fourth-order valence-electron chi connectivity index (χ4n) is 4.49. The number of furan rings is 1. The molecule has 1 fully saturated rings. The lowest BCUT2D eigenvalue weighted by molar-refractivity contribution is -0.127. The highest BCUT2D eigenvalue weighted by Gasteiger charge is 2.26. The Balaban J connectivity index is 1.27. The van der Waals surface area contributed by atoms with Gasteiger partial charge in [-0.05, 0) is 81.6 Å². The van der Waals surface area contributed by atoms with Gasteiger partial charge in [0, 0.05) is 22.1 Å². The summed E-state index contributed by atoms with van der Waals surface area (Å²) in [5.41, 5.74) is 4.35. The summed E-state index contributed by atoms with van der Waals surface area (Å²) in [5, 5.41) is 7.13. The van der Waals surface area contributed by atoms with Crippen molar-refractivity contribution in [1.82, 2.24) is 15.6 Å². The lowest BCUT2D eigenvalue weighted by Crippen LogP contribution is -2.47. The van der Waals surface area contributed by atoms with E-state index in [1.54, 1.807) is 12.1 Å². The first kappa shape index (κ1) is 26.8. The maximum Gasteiger partial charge on any atom is 0.257 e. The van der Waals surface area contributed by atoms with Gasteiger partial charge in [-0.3, -0.25) is 14.5 Å². The van der Waals surface area contributed by atoms with Gasteiger partial charge in [-0.15, -0.1) is 0 Å². The number of hydrogen-bond acceptors (Lipinski definition) is 5. The second-order valence-corrected chi connectivity index (χ2v) is 10.1. The zero-order valence-corrected chi connectivity index (χ0v) is 22.5. The highest BCUT2D eigenvalue weighted by atomic mass is 79.9. The predicted molar refractivity (Wildman–Crippen MR) is 149 cm³/mol. The maximum absolute atomic E-state index is 13.1. The molecule has 1 aliphatic heterocycles. The van der Waals surface area contributed by atoms with Gasteiger partial charge in [-0.1, -0.05) is 52.7 Å². The van der Waals surface area contributed by atoms with Crippen molar-refractivity contribution in [1.29, 1.82) is 0 Å². The number of piperidine rings is 1. The molecule has 37 heavy (non-hydrogen) atoms. The molecule has 2 amide bonds. The number of nitrogens with zero attached hydrogens (tertiary/aromatic N) is 2. The third-order valence-corrected chi connectivity index (χ3v) is 7.01. The first-order valence-electron chi connectivity index (χ1n) is 12.9. The van der Waals surface area contributed by atoms with Crippen molar-refractivity contribution >= 4 is 34.0 Å². The number of hydrogen-bond donors (Lipinski definition) is 2. The molecule has 1 atom stereocenters. The molecular weight excluding hydrogens is 532 g/mol. The average Bonchev–Trinajstić information content (AvgIpc) is 3.40. The Morgan fingerprint density at radius 1 is 0.973 bits per heavy atom. The van der Waals surface area contributed by atoms with E-state index in [0.717, 1.165) is 61.0 Å². The second-order valence-electron chi connectivity index (χ2n) is 9.17. The summed E-state index contributed by atoms with van der Waals surface area (Å²) >= 11 is 3.44. The minimum Gasteiger partial charge on any atom is -0.455 e. The van der Waals surface area contributed by atoms with Crippen LogP contribution in [0.3, 0.4) is 0 Å². The number of amides is 2. The molecule has 2 heterocycles. The number of nitrogens with one attached hydrogen (secondary N) is 2. The molecule has 0 spiro atoms. The minimum atomic E-state index is -0.239. The lowest BCUT2D eigenvalue weighted by atomic mass is 10.0. The van der Waals surface area contributed by atoms with Gasteiger partial charge in [0.25, 0.3) is 11.8 Å². The molecule has 0 saturated carbocycles. The standard InChI is InChI=1S/C29H33BrN4O3/c30-24-14-12-22(13-15-24)27-17-16-25(37-27)21-32-33-29(36)26(34-19-7-2-8-20-34)11-5-6-18-31-28(35)23-9-3-1-4-10-23/h1,3-4,9-10,12-17,21,26H,2,5-8,11,18-20H2,(H,31,35)(H,33,36). The number of likely N-dealkylation sites (tertiary alicyclic amines) is 1. The number of halogens is 1. The second kappa shape index (κ2) is 13.9. The number of rotatable bonds is 11. The van der Waals surface area contributed by atoms with Crippen LogP contribution in [0.2, 0.25) is 0 Å². The van der Waals surface area contributed by atoms with Gasteiger partial charge in [-0.2, -0.15) is 5.10 Å². The molecule has 8 heteroatoms. The first-order valence-corrected chi connectivity index (χ1v) is 13.7. The van der Waals surface area contributed by atoms with Gasteiger partial charge >= 0.3 is 0 Å². The van der Waals surface area contributed by atoms with Gasteiger partial charge in [0.1, 0.15) is 11.5 Å². The van der Waals surface area contributed by atoms with Gasteiger partial charge in [-0.25, -0.2) is 5.43 Å². The van der Waals surface area contributed by atoms with Crippen molar-refractivity contribution in [3.8, 4) is 11.3 Å². The molecule has 194 valence electrons. The average molecular weight is 566 g/mol. The van der Waals surface area contributed by atoms with Crippen LogP contribution in [0.5, 0.6) is 0 Å². The van der Waals surface area contributed by atoms with E-state index in [9.17, 15) is 9.59 Å². The third-order valence-electron chi connectivity index (χ3n) is 6.48. The van der Waals surface area contributed by atoms with Gasteiger partial charge in [0.2, 0.25) is 0 Å². The molecule has 2 aromatic carbocycles. The molecule has 4 rings (SSSR count). The zero-order valence-electron chi connectivity index (χ0n) is 20.9. The molecule has 1 unspecified atom stereocenters. The molecular formula is C29H33BrN4O3. The first-order chi connectivity index (χ1) is 18.1. The summed E-state index contributed by atoms with van der Waals surface area (Å²) in [7, 11) is 0. The van der Waals surface area contributed by atoms with Crippen molar-refractivity contribution in [2.24, 2.45) is 5.10 Å². The van der Waals surface area contributed by atoms with E-state index in [4.69, 9.17) is 4.42 Å². The molecule has 1 aromatic heterocycles. The number of unbranched alkanes of at least 4 members (excludes halogenated alkanes) is 1. The fourth-order valence-corrected chi connectivity index (χ4v) is 4.76. The van der Waals surface area contributed by atoms with Gasteiger partial charge in [0.05, 0.1) is 12.3 Å². The van der Waals surface area contributed by atoms with Gasteiger partial charge < -0.3 is 9.73 Å². The molecule has 1 aliphatic rings. The molecule has 0 radical (unpaired) electrons. The molecule has 3 aromatic rings. The largest absolute Gasteiger partial charge is 0.455 e. The molecule has 0 aliphatic carbocycles. The smallest absolute Gasteiger partial charge is 0.257 e. The maximum atomic E-state index is 13.1. The highest BCUT2D eigenvalue weighted by molar-refractivity contribution is 9.10. The zero-order chi connectivity index (χ0) is 25.9. The number of carbonyl (C=O) groups is 2. The molecule has 2 N–H and O–H groups in total. The fraction of sp³-hybridized carbons (Fsp3) is 0.345. The van der Waals surface area contributed by atoms with E-state index in [2.05, 4.69) is 36.7 Å². The number of benzene rings is 2. The van der Waals surface area contributed by atoms with Crippen molar-refractivity contribution < 1.29 is 14.0 Å². The van der Waals surface area contributed by atoms with E-state index in [1.165, 1.54) is 12.6 Å². The predicted octanol–water partition coefficient (Wildman–Crippen LogP) is 5.61. The van der Waals surface area contributed by atoms with Crippen LogP contribution in [0.4, 0.5) is 0 Å². The molecule has 0 bridgehead atoms. The quantitative estimate of drug-likeness (QED) is 0.180. The van der Waals surface area contributed by atoms with Crippen molar-refractivity contribution in [2.75, 3.05) is 19.6 Å². The van der Waals surface area contributed by atoms with Crippen molar-refractivity contribution in [2.45, 2.75) is 44.6 Å². The summed E-state index contributed by atoms with van der Waals surface area (Å²) in [6.07, 6.45) is 7.31. The van der Waals surface area contributed by atoms with E-state index >= 15 is 0 Å². The van der Waals surface area contributed by atoms with Crippen LogP contribution in [-0.4, -0.2) is 48.6 Å². The van der Waals surface area contributed by atoms with Crippen LogP contribution in [0.1, 0.15) is 54.6 Å². The van der Waals surface area contributed by atoms with Crippen LogP contribution >= 0.6 is 15.9 Å². The summed E-state index contributed by atoms with van der Waals surface area (Å²) in [5.74, 6) is 1.14. The summed E-state index contributed by atoms with van der Waals surface area (Å²) in [6.45, 7) is 2.42. The Morgan fingerprint density at radius 2 is 1.73 bits per heavy atom. The number of hydrazone groups is 1. The Labute approximate surface area is 226 Å². The van der Waals surface area contributed by atoms with E-state index in [1.807, 2.05) is 54.6 Å². The minimum absolute atomic E-state index is 0.0681.